The number of nitrogens with one attached hydrogen (secondary N) is 1. The second kappa shape index (κ2) is 8.61. The molecule has 1 aliphatic rings. The van der Waals surface area contributed by atoms with Crippen LogP contribution in [0.1, 0.15) is 35.2 Å². The molecule has 27 heavy (non-hydrogen) atoms. The first-order valence-electron chi connectivity index (χ1n) is 8.71. The van der Waals surface area contributed by atoms with Crippen LogP contribution < -0.4 is 5.32 Å². The van der Waals surface area contributed by atoms with Crippen molar-refractivity contribution < 1.29 is 13.2 Å². The standard InChI is InChI=1S/C19H20Cl2N2O3S/c20-17-7-3-2-6-14(17)13-22-19(24)16-12-15(8-9-18(16)21)27(25,26)23-10-4-1-5-11-23/h2-3,6-9,12H,1,4-5,10-11,13H2,(H,22,24). The van der Waals surface area contributed by atoms with Gasteiger partial charge < -0.3 is 5.32 Å². The zero-order valence-electron chi connectivity index (χ0n) is 14.6. The average molecular weight is 427 g/mol. The highest BCUT2D eigenvalue weighted by atomic mass is 35.5. The van der Waals surface area contributed by atoms with Crippen molar-refractivity contribution in [2.45, 2.75) is 30.7 Å². The van der Waals surface area contributed by atoms with Crippen molar-refractivity contribution in [1.82, 2.24) is 9.62 Å². The Hall–Kier alpha value is -1.60. The highest BCUT2D eigenvalue weighted by molar-refractivity contribution is 7.89. The zero-order chi connectivity index (χ0) is 19.4. The Kier molecular flexibility index (Phi) is 6.42. The van der Waals surface area contributed by atoms with Gasteiger partial charge >= 0.3 is 0 Å². The molecular weight excluding hydrogens is 407 g/mol. The van der Waals surface area contributed by atoms with E-state index in [1.807, 2.05) is 12.1 Å². The van der Waals surface area contributed by atoms with Crippen LogP contribution >= 0.6 is 23.2 Å². The Morgan fingerprint density at radius 1 is 1.00 bits per heavy atom. The minimum atomic E-state index is -3.64. The third-order valence-corrected chi connectivity index (χ3v) is 7.13. The molecule has 2 aromatic carbocycles. The molecule has 1 amide bonds. The first kappa shape index (κ1) is 20.1. The largest absolute Gasteiger partial charge is 0.348 e. The minimum absolute atomic E-state index is 0.0803. The number of benzene rings is 2. The Bertz CT molecular complexity index is 942. The first-order valence-corrected chi connectivity index (χ1v) is 10.9. The van der Waals surface area contributed by atoms with E-state index in [-0.39, 0.29) is 22.0 Å². The van der Waals surface area contributed by atoms with Gasteiger partial charge in [0.25, 0.3) is 5.91 Å². The number of amides is 1. The normalized spacial score (nSPS) is 15.5. The van der Waals surface area contributed by atoms with Gasteiger partial charge in [-0.25, -0.2) is 8.42 Å². The van der Waals surface area contributed by atoms with E-state index in [1.165, 1.54) is 22.5 Å². The summed E-state index contributed by atoms with van der Waals surface area (Å²) in [6, 6.07) is 11.4. The van der Waals surface area contributed by atoms with Gasteiger partial charge in [0.15, 0.2) is 0 Å². The molecule has 1 heterocycles. The fourth-order valence-corrected chi connectivity index (χ4v) is 4.96. The zero-order valence-corrected chi connectivity index (χ0v) is 16.9. The number of hydrogen-bond acceptors (Lipinski definition) is 3. The number of hydrogen-bond donors (Lipinski definition) is 1. The van der Waals surface area contributed by atoms with Gasteiger partial charge in [0.1, 0.15) is 0 Å². The molecular formula is C19H20Cl2N2O3S. The Morgan fingerprint density at radius 2 is 1.70 bits per heavy atom. The monoisotopic (exact) mass is 426 g/mol. The SMILES string of the molecule is O=C(NCc1ccccc1Cl)c1cc(S(=O)(=O)N2CCCCC2)ccc1Cl. The quantitative estimate of drug-likeness (QED) is 0.782. The third kappa shape index (κ3) is 4.63. The minimum Gasteiger partial charge on any atom is -0.348 e. The maximum Gasteiger partial charge on any atom is 0.253 e. The summed E-state index contributed by atoms with van der Waals surface area (Å²) in [6.45, 7) is 1.22. The van der Waals surface area contributed by atoms with Crippen LogP contribution in [0.15, 0.2) is 47.4 Å². The van der Waals surface area contributed by atoms with Gasteiger partial charge in [0, 0.05) is 24.7 Å². The molecule has 0 radical (unpaired) electrons. The maximum absolute atomic E-state index is 12.8. The van der Waals surface area contributed by atoms with E-state index < -0.39 is 15.9 Å². The van der Waals surface area contributed by atoms with Crippen molar-refractivity contribution in [3.8, 4) is 0 Å². The summed E-state index contributed by atoms with van der Waals surface area (Å²) in [5.74, 6) is -0.449. The third-order valence-electron chi connectivity index (χ3n) is 4.53. The van der Waals surface area contributed by atoms with Gasteiger partial charge in [-0.05, 0) is 42.7 Å². The summed E-state index contributed by atoms with van der Waals surface area (Å²) < 4.78 is 27.1. The molecule has 3 rings (SSSR count). The molecule has 1 N–H and O–H groups in total. The number of rotatable bonds is 5. The summed E-state index contributed by atoms with van der Waals surface area (Å²) in [7, 11) is -3.64. The second-order valence-corrected chi connectivity index (χ2v) is 9.13. The van der Waals surface area contributed by atoms with Crippen LogP contribution in [-0.4, -0.2) is 31.7 Å². The average Bonchev–Trinajstić information content (AvgIpc) is 2.68. The molecule has 144 valence electrons. The lowest BCUT2D eigenvalue weighted by molar-refractivity contribution is 0.0951. The van der Waals surface area contributed by atoms with E-state index in [9.17, 15) is 13.2 Å². The summed E-state index contributed by atoms with van der Waals surface area (Å²) in [4.78, 5) is 12.6. The van der Waals surface area contributed by atoms with Crippen LogP contribution in [0.4, 0.5) is 0 Å². The molecule has 8 heteroatoms. The summed E-state index contributed by atoms with van der Waals surface area (Å²) >= 11 is 12.2. The van der Waals surface area contributed by atoms with Crippen LogP contribution in [0.3, 0.4) is 0 Å². The lowest BCUT2D eigenvalue weighted by Gasteiger charge is -2.26. The highest BCUT2D eigenvalue weighted by Gasteiger charge is 2.27. The molecule has 0 aliphatic carbocycles. The van der Waals surface area contributed by atoms with Gasteiger partial charge in [0.05, 0.1) is 15.5 Å². The lowest BCUT2D eigenvalue weighted by Crippen LogP contribution is -2.35. The predicted molar refractivity (Wildman–Crippen MR) is 107 cm³/mol. The van der Waals surface area contributed by atoms with Gasteiger partial charge in [-0.3, -0.25) is 4.79 Å². The van der Waals surface area contributed by atoms with E-state index >= 15 is 0 Å². The summed E-state index contributed by atoms with van der Waals surface area (Å²) in [5, 5.41) is 3.48. The van der Waals surface area contributed by atoms with Crippen molar-refractivity contribution in [3.05, 3.63) is 63.6 Å². The van der Waals surface area contributed by atoms with Crippen molar-refractivity contribution >= 4 is 39.1 Å². The fraction of sp³-hybridized carbons (Fsp3) is 0.316. The van der Waals surface area contributed by atoms with Crippen LogP contribution in [0.5, 0.6) is 0 Å². The topological polar surface area (TPSA) is 66.5 Å². The molecule has 0 unspecified atom stereocenters. The van der Waals surface area contributed by atoms with E-state index in [2.05, 4.69) is 5.32 Å². The molecule has 5 nitrogen and oxygen atoms in total. The molecule has 1 aliphatic heterocycles. The van der Waals surface area contributed by atoms with Gasteiger partial charge in [-0.1, -0.05) is 47.8 Å². The van der Waals surface area contributed by atoms with Crippen molar-refractivity contribution in [2.24, 2.45) is 0 Å². The van der Waals surface area contributed by atoms with Crippen LogP contribution in [0.25, 0.3) is 0 Å². The van der Waals surface area contributed by atoms with Gasteiger partial charge in [-0.2, -0.15) is 4.31 Å². The Morgan fingerprint density at radius 3 is 2.41 bits per heavy atom. The molecule has 0 saturated carbocycles. The molecule has 1 fully saturated rings. The number of nitrogens with zero attached hydrogens (tertiary/aromatic N) is 1. The lowest BCUT2D eigenvalue weighted by atomic mass is 10.2. The fourth-order valence-electron chi connectivity index (χ4n) is 3.01. The van der Waals surface area contributed by atoms with E-state index in [4.69, 9.17) is 23.2 Å². The summed E-state index contributed by atoms with van der Waals surface area (Å²) in [6.07, 6.45) is 2.72. The number of carbonyl (C=O) groups is 1. The maximum atomic E-state index is 12.8. The van der Waals surface area contributed by atoms with Crippen molar-refractivity contribution in [2.75, 3.05) is 13.1 Å². The molecule has 0 bridgehead atoms. The summed E-state index contributed by atoms with van der Waals surface area (Å²) in [5.41, 5.74) is 0.891. The van der Waals surface area contributed by atoms with Crippen LogP contribution in [0.2, 0.25) is 10.0 Å². The second-order valence-electron chi connectivity index (χ2n) is 6.38. The van der Waals surface area contributed by atoms with E-state index in [0.717, 1.165) is 24.8 Å². The van der Waals surface area contributed by atoms with E-state index in [0.29, 0.717) is 18.1 Å². The molecule has 0 spiro atoms. The number of carbonyl (C=O) groups excluding carboxylic acids is 1. The number of sulfonamides is 1. The van der Waals surface area contributed by atoms with Crippen LogP contribution in [0, 0.1) is 0 Å². The van der Waals surface area contributed by atoms with Gasteiger partial charge in [-0.15, -0.1) is 0 Å². The predicted octanol–water partition coefficient (Wildman–Crippen LogP) is 4.10. The Labute approximate surface area is 169 Å². The van der Waals surface area contributed by atoms with E-state index in [1.54, 1.807) is 12.1 Å². The van der Waals surface area contributed by atoms with Crippen molar-refractivity contribution in [1.29, 1.82) is 0 Å². The molecule has 2 aromatic rings. The smallest absolute Gasteiger partial charge is 0.253 e. The number of halogens is 2. The van der Waals surface area contributed by atoms with Gasteiger partial charge in [0.2, 0.25) is 10.0 Å². The van der Waals surface area contributed by atoms with Crippen molar-refractivity contribution in [3.63, 3.8) is 0 Å². The molecule has 0 atom stereocenters. The molecule has 1 saturated heterocycles. The first-order chi connectivity index (χ1) is 12.9. The Balaban J connectivity index is 1.80. The van der Waals surface area contributed by atoms with Crippen LogP contribution in [-0.2, 0) is 16.6 Å². The molecule has 0 aromatic heterocycles. The highest BCUT2D eigenvalue weighted by Crippen LogP contribution is 2.25. The number of piperidine rings is 1.